The van der Waals surface area contributed by atoms with Crippen molar-refractivity contribution >= 4 is 74.6 Å². The smallest absolute Gasteiger partial charge is 0.319 e. The molecule has 0 atom stereocenters. The van der Waals surface area contributed by atoms with Crippen LogP contribution >= 0.6 is 35.1 Å². The Kier molecular flexibility index (Phi) is 17.4. The lowest BCUT2D eigenvalue weighted by Crippen LogP contribution is -2.28. The molecule has 4 aromatic carbocycles. The summed E-state index contributed by atoms with van der Waals surface area (Å²) in [6.45, 7) is 4.47. The number of hydrogen-bond acceptors (Lipinski definition) is 11. The molecule has 4 heterocycles. The predicted octanol–water partition coefficient (Wildman–Crippen LogP) is 7.20. The fraction of sp³-hybridized carbons (Fsp3) is 0.213. The summed E-state index contributed by atoms with van der Waals surface area (Å²) in [6, 6.07) is 28.5. The highest BCUT2D eigenvalue weighted by atomic mass is 35.5. The van der Waals surface area contributed by atoms with Gasteiger partial charge in [0.2, 0.25) is 0 Å². The number of benzene rings is 4. The second-order valence-electron chi connectivity index (χ2n) is 14.6. The minimum atomic E-state index is -0.354. The first-order valence-corrected chi connectivity index (χ1v) is 21.4. The molecule has 4 amide bonds. The maximum Gasteiger partial charge on any atom is 0.319 e. The fourth-order valence-corrected chi connectivity index (χ4v) is 8.59. The van der Waals surface area contributed by atoms with E-state index in [2.05, 4.69) is 67.0 Å². The quantitative estimate of drug-likeness (QED) is 0.0680. The molecule has 8 rings (SSSR count). The van der Waals surface area contributed by atoms with Crippen LogP contribution in [0.2, 0.25) is 0 Å². The Morgan fingerprint density at radius 3 is 1.73 bits per heavy atom. The van der Waals surface area contributed by atoms with E-state index in [4.69, 9.17) is 24.3 Å². The van der Waals surface area contributed by atoms with Gasteiger partial charge in [-0.25, -0.2) is 14.8 Å². The van der Waals surface area contributed by atoms with Crippen LogP contribution in [0.5, 0.6) is 0 Å². The molecule has 0 fully saturated rings. The number of nitrogen functional groups attached to an aromatic ring is 1. The van der Waals surface area contributed by atoms with Crippen molar-refractivity contribution < 1.29 is 14.4 Å². The predicted molar refractivity (Wildman–Crippen MR) is 257 cm³/mol. The number of aromatic nitrogens is 2. The van der Waals surface area contributed by atoms with Gasteiger partial charge in [0.25, 0.3) is 11.8 Å². The van der Waals surface area contributed by atoms with Crippen molar-refractivity contribution in [3.63, 3.8) is 0 Å². The fourth-order valence-electron chi connectivity index (χ4n) is 6.43. The monoisotopic (exact) mass is 900 g/mol. The van der Waals surface area contributed by atoms with E-state index in [1.165, 1.54) is 21.1 Å². The number of halogens is 1. The van der Waals surface area contributed by atoms with E-state index in [1.54, 1.807) is 72.0 Å². The van der Waals surface area contributed by atoms with Crippen molar-refractivity contribution in [3.8, 4) is 24.7 Å². The summed E-state index contributed by atoms with van der Waals surface area (Å²) in [7, 11) is 4.17. The van der Waals surface area contributed by atoms with Gasteiger partial charge in [-0.2, -0.15) is 0 Å². The van der Waals surface area contributed by atoms with Gasteiger partial charge in [-0.1, -0.05) is 48.2 Å². The Balaban J connectivity index is 0.000000206. The number of urea groups is 1. The molecular weight excluding hydrogens is 852 g/mol. The third kappa shape index (κ3) is 14.0. The highest BCUT2D eigenvalue weighted by molar-refractivity contribution is 7.16. The Morgan fingerprint density at radius 2 is 1.21 bits per heavy atom. The van der Waals surface area contributed by atoms with Crippen molar-refractivity contribution in [1.82, 2.24) is 25.1 Å². The lowest BCUT2D eigenvalue weighted by molar-refractivity contribution is 0.101. The van der Waals surface area contributed by atoms with Crippen LogP contribution in [0.3, 0.4) is 0 Å². The number of hydrogen-bond donors (Lipinski definition) is 6. The van der Waals surface area contributed by atoms with Gasteiger partial charge >= 0.3 is 6.03 Å². The first-order chi connectivity index (χ1) is 30.0. The van der Waals surface area contributed by atoms with Crippen LogP contribution in [-0.4, -0.2) is 64.8 Å². The highest BCUT2D eigenvalue weighted by Crippen LogP contribution is 2.29. The number of terminal acetylenes is 2. The van der Waals surface area contributed by atoms with Crippen LogP contribution in [0.25, 0.3) is 0 Å². The summed E-state index contributed by atoms with van der Waals surface area (Å²) in [5, 5.41) is 12.6. The average Bonchev–Trinajstić information content (AvgIpc) is 3.88. The second-order valence-corrected chi connectivity index (χ2v) is 16.7. The van der Waals surface area contributed by atoms with E-state index in [0.717, 1.165) is 67.1 Å². The average molecular weight is 902 g/mol. The van der Waals surface area contributed by atoms with E-state index in [0.29, 0.717) is 44.9 Å². The minimum absolute atomic E-state index is 0. The summed E-state index contributed by atoms with van der Waals surface area (Å²) in [5.41, 5.74) is 19.0. The molecule has 0 spiro atoms. The van der Waals surface area contributed by atoms with Crippen molar-refractivity contribution in [2.45, 2.75) is 39.0 Å². The van der Waals surface area contributed by atoms with Crippen LogP contribution in [-0.2, 0) is 39.0 Å². The van der Waals surface area contributed by atoms with E-state index < -0.39 is 0 Å². The Morgan fingerprint density at radius 1 is 0.698 bits per heavy atom. The molecule has 2 aliphatic heterocycles. The Bertz CT molecular complexity index is 2630. The molecule has 6 aromatic rings. The van der Waals surface area contributed by atoms with E-state index >= 15 is 0 Å². The number of carbonyl (C=O) groups excluding carboxylic acids is 3. The number of fused-ring (bicyclic) bond motifs is 2. The van der Waals surface area contributed by atoms with E-state index in [9.17, 15) is 14.4 Å². The van der Waals surface area contributed by atoms with Crippen LogP contribution in [0, 0.1) is 24.7 Å². The topological polar surface area (TPSA) is 184 Å². The van der Waals surface area contributed by atoms with Crippen LogP contribution in [0.1, 0.15) is 64.1 Å². The molecule has 2 aliphatic rings. The van der Waals surface area contributed by atoms with Gasteiger partial charge < -0.3 is 31.9 Å². The van der Waals surface area contributed by atoms with E-state index in [1.807, 2.05) is 36.4 Å². The number of anilines is 4. The van der Waals surface area contributed by atoms with Gasteiger partial charge in [-0.15, -0.1) is 47.9 Å². The third-order valence-electron chi connectivity index (χ3n) is 9.69. The van der Waals surface area contributed by atoms with Crippen molar-refractivity contribution in [2.24, 2.45) is 5.73 Å². The zero-order chi connectivity index (χ0) is 44.0. The third-order valence-corrected chi connectivity index (χ3v) is 11.7. The summed E-state index contributed by atoms with van der Waals surface area (Å²) >= 11 is 3.08. The number of rotatable bonds is 8. The summed E-state index contributed by atoms with van der Waals surface area (Å²) < 4.78 is 0. The molecule has 0 bridgehead atoms. The molecule has 0 aliphatic carbocycles. The maximum absolute atomic E-state index is 12.7. The van der Waals surface area contributed by atoms with Crippen molar-refractivity contribution in [3.05, 3.63) is 152 Å². The first kappa shape index (κ1) is 47.5. The Labute approximate surface area is 382 Å². The first-order valence-electron chi connectivity index (χ1n) is 19.8. The molecule has 16 heteroatoms. The normalized spacial score (nSPS) is 12.7. The van der Waals surface area contributed by atoms with Crippen LogP contribution < -0.4 is 32.7 Å². The van der Waals surface area contributed by atoms with Gasteiger partial charge in [0.15, 0.2) is 10.3 Å². The number of nitrogens with zero attached hydrogens (tertiary/aromatic N) is 4. The summed E-state index contributed by atoms with van der Waals surface area (Å²) in [6.07, 6.45) is 12.3. The molecule has 324 valence electrons. The number of thiazole rings is 2. The van der Waals surface area contributed by atoms with Crippen LogP contribution in [0.15, 0.2) is 97.1 Å². The second kappa shape index (κ2) is 23.0. The maximum atomic E-state index is 12.7. The lowest BCUT2D eigenvalue weighted by atomic mass is 10.1. The van der Waals surface area contributed by atoms with Crippen molar-refractivity contribution in [1.29, 1.82) is 0 Å². The summed E-state index contributed by atoms with van der Waals surface area (Å²) in [5.74, 6) is 4.67. The number of carbonyl (C=O) groups is 3. The standard InChI is InChI=1S/C24H23N5O2S.C15H18N4OS.C8H7N.ClH/c1-3-16-6-5-9-19(13-16)26-23(31)25-14-17-7-4-8-18(12-17)22(30)28-24-27-20-10-11-29(2)15-21(20)32-24;1-19-6-5-12-13(9-19)21-15(17-12)18-14(20)11-4-2-3-10(7-11)8-16;1-2-7-4-3-5-8(9)6-7;/h1,4-9,12-13H,10-11,14-15H2,2H3,(H2,25,26,31)(H,27,28,30);2-4,7H,5-6,8-9,16H2,1H3,(H,17,18,20);1,3-6H,9H2;1H. The summed E-state index contributed by atoms with van der Waals surface area (Å²) in [4.78, 5) is 53.2. The molecule has 0 radical (unpaired) electrons. The molecule has 2 aromatic heterocycles. The molecular formula is C47H49ClN10O3S2. The van der Waals surface area contributed by atoms with Gasteiger partial charge in [-0.3, -0.25) is 20.2 Å². The Hall–Kier alpha value is -6.56. The van der Waals surface area contributed by atoms with Gasteiger partial charge in [-0.05, 0) is 85.9 Å². The molecule has 13 nitrogen and oxygen atoms in total. The van der Waals surface area contributed by atoms with Crippen LogP contribution in [0.4, 0.5) is 26.4 Å². The highest BCUT2D eigenvalue weighted by Gasteiger charge is 2.21. The van der Waals surface area contributed by atoms with Gasteiger partial charge in [0.1, 0.15) is 0 Å². The molecule has 63 heavy (non-hydrogen) atoms. The van der Waals surface area contributed by atoms with Gasteiger partial charge in [0, 0.05) is 95.5 Å². The zero-order valence-electron chi connectivity index (χ0n) is 34.9. The minimum Gasteiger partial charge on any atom is -0.399 e. The molecule has 0 unspecified atom stereocenters. The lowest BCUT2D eigenvalue weighted by Gasteiger charge is -2.20. The molecule has 8 N–H and O–H groups in total. The number of likely N-dealkylation sites (N-methyl/N-ethyl adjacent to an activating group) is 2. The van der Waals surface area contributed by atoms with Crippen molar-refractivity contribution in [2.75, 3.05) is 48.9 Å². The zero-order valence-corrected chi connectivity index (χ0v) is 37.4. The largest absolute Gasteiger partial charge is 0.399 e. The molecule has 0 saturated heterocycles. The van der Waals surface area contributed by atoms with E-state index in [-0.39, 0.29) is 36.8 Å². The number of amides is 4. The SMILES string of the molecule is C#Cc1cccc(N)c1.C#Cc1cccc(NC(=O)NCc2cccc(C(=O)Nc3nc4c(s3)CN(C)CC4)c2)c1.CN1CCc2nc(NC(=O)c3cccc(CN)c3)sc2C1.Cl. The molecule has 0 saturated carbocycles. The van der Waals surface area contributed by atoms with Gasteiger partial charge in [0.05, 0.1) is 11.4 Å². The number of nitrogens with one attached hydrogen (secondary N) is 4. The number of nitrogens with two attached hydrogens (primary N) is 2.